The Hall–Kier alpha value is -1.02. The first-order chi connectivity index (χ1) is 6.22. The van der Waals surface area contributed by atoms with Gasteiger partial charge in [-0.1, -0.05) is 12.1 Å². The molecule has 1 unspecified atom stereocenters. The van der Waals surface area contributed by atoms with Crippen LogP contribution < -0.4 is 4.74 Å². The van der Waals surface area contributed by atoms with E-state index in [1.54, 1.807) is 6.92 Å². The Balaban J connectivity index is 2.67. The van der Waals surface area contributed by atoms with E-state index in [0.29, 0.717) is 13.0 Å². The highest BCUT2D eigenvalue weighted by atomic mass is 16.5. The van der Waals surface area contributed by atoms with Crippen molar-refractivity contribution in [3.05, 3.63) is 29.8 Å². The lowest BCUT2D eigenvalue weighted by molar-refractivity contribution is 0.195. The van der Waals surface area contributed by atoms with Crippen molar-refractivity contribution >= 4 is 0 Å². The third-order valence-electron chi connectivity index (χ3n) is 1.74. The topological polar surface area (TPSA) is 29.5 Å². The zero-order chi connectivity index (χ0) is 9.68. The lowest BCUT2D eigenvalue weighted by Gasteiger charge is -2.07. The van der Waals surface area contributed by atoms with Crippen molar-refractivity contribution in [2.45, 2.75) is 26.4 Å². The van der Waals surface area contributed by atoms with Crippen LogP contribution in [0.5, 0.6) is 5.75 Å². The molecule has 2 heteroatoms. The van der Waals surface area contributed by atoms with Crippen LogP contribution in [-0.4, -0.2) is 17.8 Å². The number of rotatable bonds is 4. The molecule has 1 aromatic rings. The highest BCUT2D eigenvalue weighted by Gasteiger charge is 2.00. The molecule has 0 aromatic heterocycles. The van der Waals surface area contributed by atoms with Gasteiger partial charge in [0.15, 0.2) is 0 Å². The molecule has 1 atom stereocenters. The summed E-state index contributed by atoms with van der Waals surface area (Å²) in [5.74, 6) is 0.876. The predicted molar refractivity (Wildman–Crippen MR) is 53.0 cm³/mol. The van der Waals surface area contributed by atoms with Crippen LogP contribution in [0.3, 0.4) is 0 Å². The zero-order valence-electron chi connectivity index (χ0n) is 8.16. The largest absolute Gasteiger partial charge is 0.494 e. The molecule has 0 saturated heterocycles. The molecular weight excluding hydrogens is 164 g/mol. The van der Waals surface area contributed by atoms with Crippen molar-refractivity contribution in [2.75, 3.05) is 6.61 Å². The van der Waals surface area contributed by atoms with Crippen molar-refractivity contribution in [3.63, 3.8) is 0 Å². The Bertz CT molecular complexity index is 256. The van der Waals surface area contributed by atoms with Gasteiger partial charge < -0.3 is 9.84 Å². The monoisotopic (exact) mass is 180 g/mol. The highest BCUT2D eigenvalue weighted by Crippen LogP contribution is 2.14. The number of ether oxygens (including phenoxy) is 1. The van der Waals surface area contributed by atoms with Gasteiger partial charge >= 0.3 is 0 Å². The molecule has 0 aliphatic heterocycles. The van der Waals surface area contributed by atoms with Crippen LogP contribution in [-0.2, 0) is 6.42 Å². The molecule has 72 valence electrons. The van der Waals surface area contributed by atoms with Crippen LogP contribution in [0.2, 0.25) is 0 Å². The highest BCUT2D eigenvalue weighted by molar-refractivity contribution is 5.28. The second kappa shape index (κ2) is 4.87. The van der Waals surface area contributed by atoms with Crippen LogP contribution in [0, 0.1) is 0 Å². The first kappa shape index (κ1) is 10.1. The van der Waals surface area contributed by atoms with Crippen molar-refractivity contribution < 1.29 is 9.84 Å². The molecule has 13 heavy (non-hydrogen) atoms. The second-order valence-electron chi connectivity index (χ2n) is 3.13. The first-order valence-corrected chi connectivity index (χ1v) is 4.62. The fourth-order valence-electron chi connectivity index (χ4n) is 1.27. The Morgan fingerprint density at radius 2 is 2.23 bits per heavy atom. The molecule has 0 fully saturated rings. The average Bonchev–Trinajstić information content (AvgIpc) is 2.04. The van der Waals surface area contributed by atoms with Crippen LogP contribution in [0.4, 0.5) is 0 Å². The van der Waals surface area contributed by atoms with E-state index < -0.39 is 0 Å². The summed E-state index contributed by atoms with van der Waals surface area (Å²) in [5, 5.41) is 9.19. The van der Waals surface area contributed by atoms with Gasteiger partial charge in [0.25, 0.3) is 0 Å². The Kier molecular flexibility index (Phi) is 3.77. The van der Waals surface area contributed by atoms with Crippen molar-refractivity contribution in [1.82, 2.24) is 0 Å². The van der Waals surface area contributed by atoms with Gasteiger partial charge in [-0.25, -0.2) is 0 Å². The standard InChI is InChI=1S/C11H16O2/c1-3-13-11-6-4-5-10(8-11)7-9(2)12/h4-6,8-9,12H,3,7H2,1-2H3. The maximum atomic E-state index is 9.19. The van der Waals surface area contributed by atoms with E-state index in [1.807, 2.05) is 31.2 Å². The summed E-state index contributed by atoms with van der Waals surface area (Å²) in [6, 6.07) is 7.84. The molecular formula is C11H16O2. The molecule has 0 saturated carbocycles. The van der Waals surface area contributed by atoms with Gasteiger partial charge in [-0.05, 0) is 38.0 Å². The van der Waals surface area contributed by atoms with E-state index in [9.17, 15) is 5.11 Å². The number of hydrogen-bond donors (Lipinski definition) is 1. The maximum absolute atomic E-state index is 9.19. The Morgan fingerprint density at radius 3 is 2.85 bits per heavy atom. The molecule has 0 radical (unpaired) electrons. The van der Waals surface area contributed by atoms with Gasteiger partial charge in [0.2, 0.25) is 0 Å². The smallest absolute Gasteiger partial charge is 0.119 e. The van der Waals surface area contributed by atoms with Crippen molar-refractivity contribution in [2.24, 2.45) is 0 Å². The number of hydrogen-bond acceptors (Lipinski definition) is 2. The second-order valence-corrected chi connectivity index (χ2v) is 3.13. The molecule has 1 rings (SSSR count). The van der Waals surface area contributed by atoms with E-state index in [4.69, 9.17) is 4.74 Å². The van der Waals surface area contributed by atoms with E-state index in [0.717, 1.165) is 11.3 Å². The van der Waals surface area contributed by atoms with Gasteiger partial charge in [0.05, 0.1) is 12.7 Å². The molecule has 1 N–H and O–H groups in total. The summed E-state index contributed by atoms with van der Waals surface area (Å²) in [4.78, 5) is 0. The number of aliphatic hydroxyl groups excluding tert-OH is 1. The minimum atomic E-state index is -0.295. The normalized spacial score (nSPS) is 12.5. The summed E-state index contributed by atoms with van der Waals surface area (Å²) in [6.45, 7) is 4.42. The molecule has 1 aromatic carbocycles. The zero-order valence-corrected chi connectivity index (χ0v) is 8.16. The van der Waals surface area contributed by atoms with Gasteiger partial charge in [-0.2, -0.15) is 0 Å². The predicted octanol–water partition coefficient (Wildman–Crippen LogP) is 2.01. The minimum Gasteiger partial charge on any atom is -0.494 e. The van der Waals surface area contributed by atoms with E-state index >= 15 is 0 Å². The van der Waals surface area contributed by atoms with Gasteiger partial charge in [-0.15, -0.1) is 0 Å². The number of benzene rings is 1. The van der Waals surface area contributed by atoms with E-state index in [2.05, 4.69) is 0 Å². The van der Waals surface area contributed by atoms with E-state index in [1.165, 1.54) is 0 Å². The molecule has 0 bridgehead atoms. The molecule has 0 aliphatic rings. The molecule has 2 nitrogen and oxygen atoms in total. The minimum absolute atomic E-state index is 0.295. The quantitative estimate of drug-likeness (QED) is 0.768. The SMILES string of the molecule is CCOc1cccc(CC(C)O)c1. The third-order valence-corrected chi connectivity index (χ3v) is 1.74. The number of aliphatic hydroxyl groups is 1. The molecule has 0 spiro atoms. The van der Waals surface area contributed by atoms with Crippen LogP contribution in [0.1, 0.15) is 19.4 Å². The van der Waals surface area contributed by atoms with Gasteiger partial charge in [0, 0.05) is 0 Å². The fourth-order valence-corrected chi connectivity index (χ4v) is 1.27. The molecule has 0 heterocycles. The summed E-state index contributed by atoms with van der Waals surface area (Å²) in [7, 11) is 0. The molecule has 0 amide bonds. The van der Waals surface area contributed by atoms with Gasteiger partial charge in [-0.3, -0.25) is 0 Å². The maximum Gasteiger partial charge on any atom is 0.119 e. The summed E-state index contributed by atoms with van der Waals surface area (Å²) in [5.41, 5.74) is 1.11. The first-order valence-electron chi connectivity index (χ1n) is 4.62. The van der Waals surface area contributed by atoms with Gasteiger partial charge in [0.1, 0.15) is 5.75 Å². The molecule has 0 aliphatic carbocycles. The average molecular weight is 180 g/mol. The summed E-state index contributed by atoms with van der Waals surface area (Å²) in [6.07, 6.45) is 0.387. The summed E-state index contributed by atoms with van der Waals surface area (Å²) >= 11 is 0. The van der Waals surface area contributed by atoms with Crippen LogP contribution in [0.25, 0.3) is 0 Å². The summed E-state index contributed by atoms with van der Waals surface area (Å²) < 4.78 is 5.35. The lowest BCUT2D eigenvalue weighted by atomic mass is 10.1. The third kappa shape index (κ3) is 3.47. The van der Waals surface area contributed by atoms with Crippen molar-refractivity contribution in [1.29, 1.82) is 0 Å². The lowest BCUT2D eigenvalue weighted by Crippen LogP contribution is -2.04. The fraction of sp³-hybridized carbons (Fsp3) is 0.455. The Morgan fingerprint density at radius 1 is 1.46 bits per heavy atom. The van der Waals surface area contributed by atoms with Crippen LogP contribution >= 0.6 is 0 Å². The van der Waals surface area contributed by atoms with Crippen molar-refractivity contribution in [3.8, 4) is 5.75 Å². The Labute approximate surface area is 79.2 Å². The van der Waals surface area contributed by atoms with Crippen LogP contribution in [0.15, 0.2) is 24.3 Å². The van der Waals surface area contributed by atoms with E-state index in [-0.39, 0.29) is 6.10 Å².